The number of rotatable bonds is 36. The van der Waals surface area contributed by atoms with Crippen molar-refractivity contribution in [1.82, 2.24) is 0 Å². The molecular weight excluding hydrogens is 929 g/mol. The quantitative estimate of drug-likeness (QED) is 0.0204. The van der Waals surface area contributed by atoms with Gasteiger partial charge in [-0.1, -0.05) is 193 Å². The smallest absolute Gasteiger partial charge is 0.745 e. The molecule has 0 saturated carbocycles. The van der Waals surface area contributed by atoms with E-state index in [9.17, 15) is 45.1 Å². The Labute approximate surface area is 432 Å². The van der Waals surface area contributed by atoms with E-state index in [0.717, 1.165) is 38.5 Å². The zero-order valence-electron chi connectivity index (χ0n) is 40.8. The van der Waals surface area contributed by atoms with E-state index in [1.807, 2.05) is 0 Å². The number of unbranched alkanes of at least 4 members (excludes halogenated alkanes) is 20. The fraction of sp³-hybridized carbons (Fsp3) is 0.680. The molecule has 0 fully saturated rings. The molecule has 0 heterocycles. The Morgan fingerprint density at radius 1 is 0.403 bits per heavy atom. The normalized spacial score (nSPS) is 12.1. The van der Waals surface area contributed by atoms with Crippen molar-refractivity contribution in [2.24, 2.45) is 0 Å². The second-order valence-electron chi connectivity index (χ2n) is 16.7. The zero-order valence-corrected chi connectivity index (χ0v) is 44.7. The van der Waals surface area contributed by atoms with E-state index in [1.54, 1.807) is 26.0 Å². The summed E-state index contributed by atoms with van der Waals surface area (Å²) in [6.45, 7) is 8.27. The van der Waals surface area contributed by atoms with Crippen LogP contribution in [0.15, 0.2) is 48.5 Å². The van der Waals surface area contributed by atoms with Gasteiger partial charge in [-0.2, -0.15) is 0 Å². The summed E-state index contributed by atoms with van der Waals surface area (Å²) in [4.78, 5) is 49.8. The van der Waals surface area contributed by atoms with E-state index in [0.29, 0.717) is 12.8 Å². The van der Waals surface area contributed by atoms with Crippen LogP contribution in [0.5, 0.6) is 0 Å². The van der Waals surface area contributed by atoms with Gasteiger partial charge in [-0.05, 0) is 49.9 Å². The van der Waals surface area contributed by atoms with Crippen LogP contribution in [0, 0.1) is 0 Å². The fourth-order valence-electron chi connectivity index (χ4n) is 7.06. The monoisotopic (exact) mass is 1010 g/mol. The number of ether oxygens (including phenoxy) is 4. The fourth-order valence-corrected chi connectivity index (χ4v) is 8.52. The Balaban J connectivity index is 0.00000128. The molecular formula is C50H78CaO14S2. The van der Waals surface area contributed by atoms with E-state index in [-0.39, 0.29) is 86.0 Å². The summed E-state index contributed by atoms with van der Waals surface area (Å²) >= 11 is 0. The maximum atomic E-state index is 12.5. The van der Waals surface area contributed by atoms with Crippen molar-refractivity contribution in [3.05, 3.63) is 70.8 Å². The van der Waals surface area contributed by atoms with E-state index >= 15 is 0 Å². The van der Waals surface area contributed by atoms with Crippen molar-refractivity contribution in [3.63, 3.8) is 0 Å². The van der Waals surface area contributed by atoms with Gasteiger partial charge in [0.2, 0.25) is 0 Å². The first-order chi connectivity index (χ1) is 31.6. The summed E-state index contributed by atoms with van der Waals surface area (Å²) in [7, 11) is -9.61. The van der Waals surface area contributed by atoms with E-state index in [1.165, 1.54) is 139 Å². The molecule has 0 N–H and O–H groups in total. The molecule has 0 amide bonds. The molecule has 2 aromatic carbocycles. The van der Waals surface area contributed by atoms with E-state index < -0.39 is 55.0 Å². The first kappa shape index (κ1) is 64.4. The Bertz CT molecular complexity index is 1750. The van der Waals surface area contributed by atoms with Gasteiger partial charge in [0.05, 0.1) is 35.5 Å². The number of carbonyl (C=O) groups is 4. The predicted octanol–water partition coefficient (Wildman–Crippen LogP) is 11.6. The minimum absolute atomic E-state index is 0. The van der Waals surface area contributed by atoms with Gasteiger partial charge in [0.15, 0.2) is 10.9 Å². The molecule has 2 atom stereocenters. The molecule has 0 radical (unpaired) electrons. The summed E-state index contributed by atoms with van der Waals surface area (Å²) in [6.07, 6.45) is 26.6. The Kier molecular flexibility index (Phi) is 37.6. The van der Waals surface area contributed by atoms with Gasteiger partial charge in [-0.3, -0.25) is 0 Å². The molecule has 14 nitrogen and oxygen atoms in total. The Morgan fingerprint density at radius 3 is 0.881 bits per heavy atom. The molecule has 0 aliphatic heterocycles. The van der Waals surface area contributed by atoms with Crippen LogP contribution in [-0.2, 0) is 39.2 Å². The molecule has 0 aliphatic rings. The third kappa shape index (κ3) is 29.9. The summed E-state index contributed by atoms with van der Waals surface area (Å²) in [5, 5.41) is 0. The van der Waals surface area contributed by atoms with Crippen LogP contribution in [0.3, 0.4) is 0 Å². The number of benzene rings is 2. The number of carbonyl (C=O) groups excluding carboxylic acids is 4. The summed E-state index contributed by atoms with van der Waals surface area (Å²) in [6, 6.07) is 11.7. The zero-order chi connectivity index (χ0) is 49.1. The molecule has 376 valence electrons. The number of hydrogen-bond acceptors (Lipinski definition) is 14. The van der Waals surface area contributed by atoms with Crippen molar-refractivity contribution < 1.29 is 64.1 Å². The maximum Gasteiger partial charge on any atom is 2.00 e. The third-order valence-corrected chi connectivity index (χ3v) is 12.8. The SMILES string of the molecule is CCCCCCCCCCCCCOC(=O)c1ccccc1C(=O)OC(CCC)S(=O)(=O)[O-].CCCCCCCCCCCCCOC(=O)c1ccccc1C(=O)OC(CCC)S(=O)(=O)[O-].[Ca+2]. The first-order valence-electron chi connectivity index (χ1n) is 24.5. The number of hydrogen-bond donors (Lipinski definition) is 0. The first-order valence-corrected chi connectivity index (χ1v) is 27.4. The minimum Gasteiger partial charge on any atom is -0.745 e. The topological polar surface area (TPSA) is 220 Å². The van der Waals surface area contributed by atoms with Crippen molar-refractivity contribution in [2.75, 3.05) is 13.2 Å². The number of esters is 4. The van der Waals surface area contributed by atoms with Gasteiger partial charge >= 0.3 is 61.6 Å². The molecule has 17 heteroatoms. The largest absolute Gasteiger partial charge is 2.00 e. The summed E-state index contributed by atoms with van der Waals surface area (Å²) in [5.41, 5.74) is -3.82. The van der Waals surface area contributed by atoms with Crippen molar-refractivity contribution in [3.8, 4) is 0 Å². The van der Waals surface area contributed by atoms with Crippen LogP contribution in [0.2, 0.25) is 0 Å². The second kappa shape index (κ2) is 39.2. The Morgan fingerprint density at radius 2 is 0.642 bits per heavy atom. The van der Waals surface area contributed by atoms with Crippen LogP contribution in [0.1, 0.15) is 236 Å². The van der Waals surface area contributed by atoms with Crippen LogP contribution >= 0.6 is 0 Å². The Hall–Kier alpha value is -2.60. The molecule has 0 aliphatic carbocycles. The summed E-state index contributed by atoms with van der Waals surface area (Å²) < 4.78 is 88.3. The minimum atomic E-state index is -4.81. The van der Waals surface area contributed by atoms with Crippen molar-refractivity contribution >= 4 is 81.9 Å². The predicted molar refractivity (Wildman–Crippen MR) is 260 cm³/mol. The van der Waals surface area contributed by atoms with E-state index in [2.05, 4.69) is 13.8 Å². The average molecular weight is 1010 g/mol. The van der Waals surface area contributed by atoms with Gasteiger partial charge in [-0.15, -0.1) is 0 Å². The van der Waals surface area contributed by atoms with Crippen LogP contribution in [0.25, 0.3) is 0 Å². The molecule has 67 heavy (non-hydrogen) atoms. The van der Waals surface area contributed by atoms with Crippen LogP contribution in [-0.4, -0.2) is 112 Å². The van der Waals surface area contributed by atoms with Crippen LogP contribution < -0.4 is 0 Å². The molecule has 2 rings (SSSR count). The van der Waals surface area contributed by atoms with Gasteiger partial charge in [-0.25, -0.2) is 36.0 Å². The van der Waals surface area contributed by atoms with E-state index in [4.69, 9.17) is 18.9 Å². The van der Waals surface area contributed by atoms with Gasteiger partial charge in [0.25, 0.3) is 0 Å². The van der Waals surface area contributed by atoms with Gasteiger partial charge in [0, 0.05) is 0 Å². The second-order valence-corrected chi connectivity index (χ2v) is 19.7. The molecule has 0 aromatic heterocycles. The standard InChI is InChI=1S/2C25H40O7S.Ca/c2*1-3-5-6-7-8-9-10-11-12-13-16-20-31-24(26)21-18-14-15-19-22(21)25(27)32-23(17-4-2)33(28,29)30;/h2*14-15,18-19,23H,3-13,16-17,20H2,1-2H3,(H,28,29,30);/q;;+2/p-2. The summed E-state index contributed by atoms with van der Waals surface area (Å²) in [5.74, 6) is -3.41. The van der Waals surface area contributed by atoms with Gasteiger partial charge in [0.1, 0.15) is 20.2 Å². The van der Waals surface area contributed by atoms with Crippen molar-refractivity contribution in [1.29, 1.82) is 0 Å². The molecule has 0 spiro atoms. The maximum absolute atomic E-state index is 12.5. The molecule has 0 saturated heterocycles. The molecule has 2 aromatic rings. The third-order valence-electron chi connectivity index (χ3n) is 10.9. The average Bonchev–Trinajstić information content (AvgIpc) is 3.28. The van der Waals surface area contributed by atoms with Crippen LogP contribution in [0.4, 0.5) is 0 Å². The van der Waals surface area contributed by atoms with Crippen molar-refractivity contribution in [2.45, 2.75) is 206 Å². The van der Waals surface area contributed by atoms with Gasteiger partial charge < -0.3 is 28.1 Å². The molecule has 2 unspecified atom stereocenters. The molecule has 0 bridgehead atoms.